The van der Waals surface area contributed by atoms with Crippen LogP contribution in [-0.2, 0) is 0 Å². The highest BCUT2D eigenvalue weighted by Gasteiger charge is 2.49. The third-order valence-electron chi connectivity index (χ3n) is 2.09. The molecule has 96 valence electrons. The Morgan fingerprint density at radius 1 is 1.29 bits per heavy atom. The van der Waals surface area contributed by atoms with Crippen molar-refractivity contribution in [2.75, 3.05) is 7.11 Å². The van der Waals surface area contributed by atoms with Gasteiger partial charge in [-0.3, -0.25) is 0 Å². The summed E-state index contributed by atoms with van der Waals surface area (Å²) in [5, 5.41) is -2.10. The fourth-order valence-electron chi connectivity index (χ4n) is 1.22. The maximum atomic E-state index is 13.1. The lowest BCUT2D eigenvalue weighted by Crippen LogP contribution is -2.31. The third-order valence-corrected chi connectivity index (χ3v) is 2.85. The van der Waals surface area contributed by atoms with Crippen LogP contribution < -0.4 is 4.74 Å². The van der Waals surface area contributed by atoms with Gasteiger partial charge in [-0.1, -0.05) is 11.6 Å². The zero-order valence-electron chi connectivity index (χ0n) is 8.56. The first-order chi connectivity index (χ1) is 7.80. The van der Waals surface area contributed by atoms with Gasteiger partial charge in [0.2, 0.25) is 0 Å². The fraction of sp³-hybridized carbons (Fsp3) is 0.400. The van der Waals surface area contributed by atoms with Gasteiger partial charge in [-0.25, -0.2) is 8.78 Å². The highest BCUT2D eigenvalue weighted by Crippen LogP contribution is 2.44. The zero-order valence-corrected chi connectivity index (χ0v) is 10.1. The molecule has 1 unspecified atom stereocenters. The normalized spacial score (nSPS) is 13.9. The molecule has 0 N–H and O–H groups in total. The summed E-state index contributed by atoms with van der Waals surface area (Å²) < 4.78 is 55.3. The molecule has 0 spiro atoms. The van der Waals surface area contributed by atoms with E-state index in [4.69, 9.17) is 27.9 Å². The van der Waals surface area contributed by atoms with Gasteiger partial charge in [0.25, 0.3) is 0 Å². The minimum absolute atomic E-state index is 0.0188. The van der Waals surface area contributed by atoms with Crippen LogP contribution in [0.4, 0.5) is 17.6 Å². The third kappa shape index (κ3) is 2.96. The molecular formula is C10H8Cl2F4O. The summed E-state index contributed by atoms with van der Waals surface area (Å²) >= 11 is 11.0. The monoisotopic (exact) mass is 290 g/mol. The summed E-state index contributed by atoms with van der Waals surface area (Å²) in [4.78, 5) is 0. The van der Waals surface area contributed by atoms with Gasteiger partial charge in [0.05, 0.1) is 7.11 Å². The van der Waals surface area contributed by atoms with Crippen LogP contribution in [0.15, 0.2) is 18.2 Å². The molecule has 17 heavy (non-hydrogen) atoms. The number of hydrogen-bond donors (Lipinski definition) is 0. The van der Waals surface area contributed by atoms with Crippen molar-refractivity contribution in [2.45, 2.75) is 17.7 Å². The van der Waals surface area contributed by atoms with E-state index in [-0.39, 0.29) is 16.3 Å². The highest BCUT2D eigenvalue weighted by molar-refractivity contribution is 6.31. The van der Waals surface area contributed by atoms with Crippen molar-refractivity contribution in [1.29, 1.82) is 0 Å². The van der Waals surface area contributed by atoms with Gasteiger partial charge in [-0.2, -0.15) is 8.78 Å². The van der Waals surface area contributed by atoms with Crippen LogP contribution in [0, 0.1) is 0 Å². The van der Waals surface area contributed by atoms with Crippen molar-refractivity contribution in [3.63, 3.8) is 0 Å². The van der Waals surface area contributed by atoms with Crippen molar-refractivity contribution in [3.8, 4) is 5.75 Å². The van der Waals surface area contributed by atoms with Crippen molar-refractivity contribution < 1.29 is 22.3 Å². The van der Waals surface area contributed by atoms with Crippen LogP contribution in [-0.4, -0.2) is 19.5 Å². The number of ether oxygens (including phenoxy) is 1. The lowest BCUT2D eigenvalue weighted by molar-refractivity contribution is -0.130. The molecule has 1 aromatic carbocycles. The van der Waals surface area contributed by atoms with E-state index >= 15 is 0 Å². The SMILES string of the molecule is COc1ccc(Cl)cc1C(Cl)C(F)(F)C(F)F. The largest absolute Gasteiger partial charge is 0.496 e. The lowest BCUT2D eigenvalue weighted by Gasteiger charge is -2.22. The smallest absolute Gasteiger partial charge is 0.327 e. The molecule has 0 amide bonds. The molecule has 7 heteroatoms. The first-order valence-electron chi connectivity index (χ1n) is 4.44. The van der Waals surface area contributed by atoms with Crippen LogP contribution in [0.2, 0.25) is 5.02 Å². The molecule has 0 aromatic heterocycles. The minimum Gasteiger partial charge on any atom is -0.496 e. The molecule has 0 saturated carbocycles. The van der Waals surface area contributed by atoms with Crippen LogP contribution in [0.25, 0.3) is 0 Å². The van der Waals surface area contributed by atoms with E-state index in [9.17, 15) is 17.6 Å². The number of methoxy groups -OCH3 is 1. The van der Waals surface area contributed by atoms with Crippen LogP contribution in [0.5, 0.6) is 5.75 Å². The second kappa shape index (κ2) is 5.31. The molecule has 1 aromatic rings. The van der Waals surface area contributed by atoms with Gasteiger partial charge >= 0.3 is 12.3 Å². The Balaban J connectivity index is 3.19. The molecule has 0 heterocycles. The van der Waals surface area contributed by atoms with Crippen LogP contribution in [0.1, 0.15) is 10.9 Å². The number of hydrogen-bond acceptors (Lipinski definition) is 1. The molecule has 1 nitrogen and oxygen atoms in total. The van der Waals surface area contributed by atoms with Gasteiger partial charge in [-0.05, 0) is 18.2 Å². The molecule has 0 radical (unpaired) electrons. The Kier molecular flexibility index (Phi) is 4.49. The summed E-state index contributed by atoms with van der Waals surface area (Å²) in [7, 11) is 1.22. The van der Waals surface area contributed by atoms with E-state index in [2.05, 4.69) is 0 Å². The lowest BCUT2D eigenvalue weighted by atomic mass is 10.1. The topological polar surface area (TPSA) is 9.23 Å². The van der Waals surface area contributed by atoms with Gasteiger partial charge in [-0.15, -0.1) is 11.6 Å². The maximum Gasteiger partial charge on any atom is 0.327 e. The van der Waals surface area contributed by atoms with E-state index in [1.165, 1.54) is 19.2 Å². The Bertz CT molecular complexity index is 398. The zero-order chi connectivity index (χ0) is 13.2. The van der Waals surface area contributed by atoms with E-state index < -0.39 is 17.7 Å². The average Bonchev–Trinajstić information content (AvgIpc) is 2.27. The van der Waals surface area contributed by atoms with Gasteiger partial charge in [0.1, 0.15) is 11.1 Å². The Hall–Kier alpha value is -0.680. The molecule has 1 atom stereocenters. The van der Waals surface area contributed by atoms with Crippen molar-refractivity contribution in [3.05, 3.63) is 28.8 Å². The van der Waals surface area contributed by atoms with Gasteiger partial charge < -0.3 is 4.74 Å². The van der Waals surface area contributed by atoms with E-state index in [1.54, 1.807) is 0 Å². The van der Waals surface area contributed by atoms with Crippen molar-refractivity contribution >= 4 is 23.2 Å². The maximum absolute atomic E-state index is 13.1. The molecule has 0 aliphatic carbocycles. The molecule has 0 bridgehead atoms. The Morgan fingerprint density at radius 3 is 2.35 bits per heavy atom. The van der Waals surface area contributed by atoms with E-state index in [0.29, 0.717) is 0 Å². The van der Waals surface area contributed by atoms with Crippen molar-refractivity contribution in [2.24, 2.45) is 0 Å². The van der Waals surface area contributed by atoms with E-state index in [0.717, 1.165) is 6.07 Å². The predicted molar refractivity (Wildman–Crippen MR) is 57.5 cm³/mol. The first-order valence-corrected chi connectivity index (χ1v) is 5.25. The summed E-state index contributed by atoms with van der Waals surface area (Å²) in [6.45, 7) is 0. The minimum atomic E-state index is -4.36. The van der Waals surface area contributed by atoms with Gasteiger partial charge in [0.15, 0.2) is 0 Å². The standard InChI is InChI=1S/C10H8Cl2F4O/c1-17-7-3-2-5(11)4-6(7)8(12)10(15,16)9(13)14/h2-4,8-9H,1H3. The Labute approximate surface area is 105 Å². The number of halogens is 6. The number of benzene rings is 1. The van der Waals surface area contributed by atoms with E-state index in [1.807, 2.05) is 0 Å². The molecule has 0 fully saturated rings. The van der Waals surface area contributed by atoms with Crippen LogP contribution >= 0.6 is 23.2 Å². The molecule has 1 rings (SSSR count). The fourth-order valence-corrected chi connectivity index (χ4v) is 1.67. The summed E-state index contributed by atoms with van der Waals surface area (Å²) in [6.07, 6.45) is -3.87. The number of alkyl halides is 5. The highest BCUT2D eigenvalue weighted by atomic mass is 35.5. The quantitative estimate of drug-likeness (QED) is 0.585. The molecule has 0 saturated heterocycles. The molecule has 0 aliphatic heterocycles. The number of rotatable bonds is 4. The Morgan fingerprint density at radius 2 is 1.88 bits per heavy atom. The summed E-state index contributed by atoms with van der Waals surface area (Å²) in [5.41, 5.74) is -0.271. The second-order valence-electron chi connectivity index (χ2n) is 3.22. The second-order valence-corrected chi connectivity index (χ2v) is 4.10. The van der Waals surface area contributed by atoms with Gasteiger partial charge in [0, 0.05) is 10.6 Å². The first kappa shape index (κ1) is 14.4. The predicted octanol–water partition coefficient (Wildman–Crippen LogP) is 4.53. The summed E-state index contributed by atoms with van der Waals surface area (Å²) in [6, 6.07) is 3.75. The molecule has 0 aliphatic rings. The molecular weight excluding hydrogens is 283 g/mol. The average molecular weight is 291 g/mol. The van der Waals surface area contributed by atoms with Crippen LogP contribution in [0.3, 0.4) is 0 Å². The van der Waals surface area contributed by atoms with Crippen molar-refractivity contribution in [1.82, 2.24) is 0 Å². The summed E-state index contributed by atoms with van der Waals surface area (Å²) in [5.74, 6) is -4.38.